The molecular weight excluding hydrogens is 462 g/mol. The van der Waals surface area contributed by atoms with Crippen molar-refractivity contribution in [1.29, 1.82) is 0 Å². The Bertz CT molecular complexity index is 1210. The number of carbonyl (C=O) groups excluding carboxylic acids is 1. The lowest BCUT2D eigenvalue weighted by molar-refractivity contribution is 0.0921. The van der Waals surface area contributed by atoms with Crippen LogP contribution in [0.4, 0.5) is 0 Å². The summed E-state index contributed by atoms with van der Waals surface area (Å²) in [4.78, 5) is 20.4. The van der Waals surface area contributed by atoms with Crippen molar-refractivity contribution in [2.24, 2.45) is 13.0 Å². The van der Waals surface area contributed by atoms with Crippen LogP contribution in [0.1, 0.15) is 74.0 Å². The Morgan fingerprint density at radius 2 is 1.95 bits per heavy atom. The third kappa shape index (κ3) is 6.32. The second-order valence-corrected chi connectivity index (χ2v) is 11.0. The number of carbonyl (C=O) groups is 1. The molecule has 0 bridgehead atoms. The van der Waals surface area contributed by atoms with Crippen LogP contribution in [0.15, 0.2) is 36.5 Å². The molecule has 3 aromatic rings. The van der Waals surface area contributed by atoms with Crippen LogP contribution in [0.25, 0.3) is 10.9 Å². The molecule has 7 heteroatoms. The molecule has 1 fully saturated rings. The average Bonchev–Trinajstić information content (AvgIpc) is 3.17. The molecule has 1 atom stereocenters. The number of hydrogen-bond donors (Lipinski definition) is 1. The van der Waals surface area contributed by atoms with Crippen molar-refractivity contribution in [3.63, 3.8) is 0 Å². The SMILES string of the molecule is CC[C@@H](C)Oc1ccc2c(n1)CCN(CCC1CCC(NC(=O)c3cccc4nn(C)cc34)CC1)CC2. The van der Waals surface area contributed by atoms with Crippen molar-refractivity contribution in [2.45, 2.75) is 77.4 Å². The zero-order valence-corrected chi connectivity index (χ0v) is 22.6. The molecule has 0 saturated heterocycles. The monoisotopic (exact) mass is 503 g/mol. The second-order valence-electron chi connectivity index (χ2n) is 11.0. The van der Waals surface area contributed by atoms with Crippen LogP contribution in [0.2, 0.25) is 0 Å². The molecule has 1 saturated carbocycles. The van der Waals surface area contributed by atoms with Crippen molar-refractivity contribution in [1.82, 2.24) is 25.0 Å². The average molecular weight is 504 g/mol. The Hall–Kier alpha value is -2.93. The summed E-state index contributed by atoms with van der Waals surface area (Å²) >= 11 is 0. The molecule has 3 heterocycles. The zero-order valence-electron chi connectivity index (χ0n) is 22.6. The van der Waals surface area contributed by atoms with Crippen LogP contribution in [-0.2, 0) is 19.9 Å². The first-order chi connectivity index (χ1) is 18.0. The van der Waals surface area contributed by atoms with Gasteiger partial charge in [0.05, 0.1) is 17.2 Å². The Labute approximate surface area is 220 Å². The molecule has 37 heavy (non-hydrogen) atoms. The van der Waals surface area contributed by atoms with E-state index in [1.54, 1.807) is 4.68 Å². The zero-order chi connectivity index (χ0) is 25.8. The third-order valence-electron chi connectivity index (χ3n) is 8.25. The van der Waals surface area contributed by atoms with Crippen LogP contribution in [-0.4, -0.2) is 57.4 Å². The lowest BCUT2D eigenvalue weighted by atomic mass is 9.84. The number of nitrogens with one attached hydrogen (secondary N) is 1. The van der Waals surface area contributed by atoms with E-state index >= 15 is 0 Å². The molecule has 2 aromatic heterocycles. The van der Waals surface area contributed by atoms with E-state index < -0.39 is 0 Å². The topological polar surface area (TPSA) is 72.3 Å². The number of rotatable bonds is 8. The molecule has 0 radical (unpaired) electrons. The minimum Gasteiger partial charge on any atom is -0.475 e. The van der Waals surface area contributed by atoms with Gasteiger partial charge in [-0.2, -0.15) is 5.10 Å². The van der Waals surface area contributed by atoms with E-state index in [1.165, 1.54) is 30.5 Å². The fourth-order valence-corrected chi connectivity index (χ4v) is 5.77. The number of amides is 1. The fraction of sp³-hybridized carbons (Fsp3) is 0.567. The van der Waals surface area contributed by atoms with Gasteiger partial charge in [0, 0.05) is 55.9 Å². The van der Waals surface area contributed by atoms with Crippen molar-refractivity contribution in [3.05, 3.63) is 53.3 Å². The van der Waals surface area contributed by atoms with Crippen LogP contribution < -0.4 is 10.1 Å². The van der Waals surface area contributed by atoms with E-state index in [1.807, 2.05) is 37.5 Å². The summed E-state index contributed by atoms with van der Waals surface area (Å²) in [6.45, 7) is 7.55. The first-order valence-corrected chi connectivity index (χ1v) is 14.1. The quantitative estimate of drug-likeness (QED) is 0.472. The maximum atomic E-state index is 13.0. The van der Waals surface area contributed by atoms with E-state index in [9.17, 15) is 4.79 Å². The number of hydrogen-bond acceptors (Lipinski definition) is 5. The highest BCUT2D eigenvalue weighted by atomic mass is 16.5. The Morgan fingerprint density at radius 1 is 1.14 bits per heavy atom. The molecule has 1 aliphatic heterocycles. The van der Waals surface area contributed by atoms with Crippen molar-refractivity contribution >= 4 is 16.8 Å². The third-order valence-corrected chi connectivity index (χ3v) is 8.25. The van der Waals surface area contributed by atoms with Gasteiger partial charge in [0.25, 0.3) is 5.91 Å². The molecule has 5 rings (SSSR count). The largest absolute Gasteiger partial charge is 0.475 e. The molecule has 198 valence electrons. The predicted molar refractivity (Wildman–Crippen MR) is 147 cm³/mol. The Kier molecular flexibility index (Phi) is 8.08. The molecule has 0 unspecified atom stereocenters. The summed E-state index contributed by atoms with van der Waals surface area (Å²) < 4.78 is 7.72. The van der Waals surface area contributed by atoms with Gasteiger partial charge in [-0.05, 0) is 82.0 Å². The van der Waals surface area contributed by atoms with E-state index in [0.717, 1.165) is 80.0 Å². The first-order valence-electron chi connectivity index (χ1n) is 14.1. The molecule has 7 nitrogen and oxygen atoms in total. The summed E-state index contributed by atoms with van der Waals surface area (Å²) in [5, 5.41) is 8.65. The smallest absolute Gasteiger partial charge is 0.252 e. The summed E-state index contributed by atoms with van der Waals surface area (Å²) in [5.74, 6) is 1.54. The molecule has 1 N–H and O–H groups in total. The van der Waals surface area contributed by atoms with E-state index in [0.29, 0.717) is 0 Å². The number of aromatic nitrogens is 3. The Balaban J connectivity index is 1.06. The normalized spacial score (nSPS) is 21.3. The van der Waals surface area contributed by atoms with Gasteiger partial charge in [-0.1, -0.05) is 19.1 Å². The highest BCUT2D eigenvalue weighted by molar-refractivity contribution is 6.06. The standard InChI is InChI=1S/C30H41N5O2/c1-4-21(2)37-29-13-10-23-15-18-35(19-16-27(23)32-29)17-14-22-8-11-24(12-9-22)31-30(36)25-6-5-7-28-26(25)20-34(3)33-28/h5-7,10,13,20-22,24H,4,8-9,11-12,14-19H2,1-3H3,(H,31,36)/t21-,22?,24?/m1/s1. The van der Waals surface area contributed by atoms with Gasteiger partial charge < -0.3 is 15.0 Å². The van der Waals surface area contributed by atoms with Crippen molar-refractivity contribution in [3.8, 4) is 5.88 Å². The first kappa shape index (κ1) is 25.7. The van der Waals surface area contributed by atoms with Crippen LogP contribution in [0.3, 0.4) is 0 Å². The summed E-state index contributed by atoms with van der Waals surface area (Å²) in [5.41, 5.74) is 4.17. The highest BCUT2D eigenvalue weighted by Crippen LogP contribution is 2.28. The van der Waals surface area contributed by atoms with Crippen LogP contribution in [0.5, 0.6) is 5.88 Å². The number of aryl methyl sites for hydroxylation is 1. The van der Waals surface area contributed by atoms with Gasteiger partial charge in [0.15, 0.2) is 0 Å². The summed E-state index contributed by atoms with van der Waals surface area (Å²) in [7, 11) is 1.89. The lowest BCUT2D eigenvalue weighted by Gasteiger charge is -2.30. The molecule has 1 aromatic carbocycles. The van der Waals surface area contributed by atoms with Crippen LogP contribution in [0, 0.1) is 5.92 Å². The lowest BCUT2D eigenvalue weighted by Crippen LogP contribution is -2.38. The fourth-order valence-electron chi connectivity index (χ4n) is 5.77. The van der Waals surface area contributed by atoms with Gasteiger partial charge in [0.2, 0.25) is 5.88 Å². The maximum Gasteiger partial charge on any atom is 0.252 e. The molecular formula is C30H41N5O2. The van der Waals surface area contributed by atoms with Crippen molar-refractivity contribution < 1.29 is 9.53 Å². The van der Waals surface area contributed by atoms with Gasteiger partial charge in [-0.3, -0.25) is 9.48 Å². The predicted octanol–water partition coefficient (Wildman–Crippen LogP) is 4.93. The van der Waals surface area contributed by atoms with Crippen molar-refractivity contribution in [2.75, 3.05) is 19.6 Å². The maximum absolute atomic E-state index is 13.0. The molecule has 0 spiro atoms. The summed E-state index contributed by atoms with van der Waals surface area (Å²) in [6, 6.07) is 10.3. The van der Waals surface area contributed by atoms with Gasteiger partial charge >= 0.3 is 0 Å². The second kappa shape index (κ2) is 11.6. The number of ether oxygens (including phenoxy) is 1. The van der Waals surface area contributed by atoms with Crippen LogP contribution >= 0.6 is 0 Å². The number of nitrogens with zero attached hydrogens (tertiary/aromatic N) is 4. The number of benzene rings is 1. The van der Waals surface area contributed by atoms with Gasteiger partial charge in [-0.25, -0.2) is 4.98 Å². The Morgan fingerprint density at radius 3 is 2.76 bits per heavy atom. The number of pyridine rings is 1. The van der Waals surface area contributed by atoms with E-state index in [2.05, 4.69) is 35.2 Å². The minimum absolute atomic E-state index is 0.0255. The molecule has 2 aliphatic rings. The summed E-state index contributed by atoms with van der Waals surface area (Å²) in [6.07, 6.45) is 10.9. The minimum atomic E-state index is 0.0255. The van der Waals surface area contributed by atoms with E-state index in [-0.39, 0.29) is 18.1 Å². The van der Waals surface area contributed by atoms with E-state index in [4.69, 9.17) is 9.72 Å². The van der Waals surface area contributed by atoms with Gasteiger partial charge in [-0.15, -0.1) is 0 Å². The number of fused-ring (bicyclic) bond motifs is 2. The molecule has 1 aliphatic carbocycles. The van der Waals surface area contributed by atoms with Gasteiger partial charge in [0.1, 0.15) is 0 Å². The molecule has 1 amide bonds. The highest BCUT2D eigenvalue weighted by Gasteiger charge is 2.25.